The predicted octanol–water partition coefficient (Wildman–Crippen LogP) is 4.29. The number of hydrogen-bond donors (Lipinski definition) is 0. The standard InChI is InChI=1S/C11H7BrClNO/c12-8-4-5-9(13)10(7-8)15-11-3-1-2-6-14-11/h1-7H. The highest BCUT2D eigenvalue weighted by Crippen LogP contribution is 2.30. The Morgan fingerprint density at radius 1 is 1.20 bits per heavy atom. The molecular formula is C11H7BrClNO. The molecule has 1 aromatic heterocycles. The molecule has 76 valence electrons. The van der Waals surface area contributed by atoms with Crippen LogP contribution < -0.4 is 4.74 Å². The minimum Gasteiger partial charge on any atom is -0.437 e. The first kappa shape index (κ1) is 10.5. The van der Waals surface area contributed by atoms with E-state index in [1.165, 1.54) is 0 Å². The van der Waals surface area contributed by atoms with Crippen molar-refractivity contribution in [3.8, 4) is 11.6 Å². The Hall–Kier alpha value is -1.06. The highest BCUT2D eigenvalue weighted by atomic mass is 79.9. The van der Waals surface area contributed by atoms with Crippen molar-refractivity contribution in [2.24, 2.45) is 0 Å². The zero-order valence-corrected chi connectivity index (χ0v) is 9.99. The summed E-state index contributed by atoms with van der Waals surface area (Å²) in [6.45, 7) is 0. The molecular weight excluding hydrogens is 277 g/mol. The van der Waals surface area contributed by atoms with E-state index in [1.54, 1.807) is 24.4 Å². The molecule has 0 aliphatic heterocycles. The van der Waals surface area contributed by atoms with Crippen LogP contribution in [0.15, 0.2) is 47.1 Å². The summed E-state index contributed by atoms with van der Waals surface area (Å²) in [4.78, 5) is 4.05. The molecule has 0 saturated carbocycles. The van der Waals surface area contributed by atoms with Gasteiger partial charge in [-0.1, -0.05) is 33.6 Å². The molecule has 0 bridgehead atoms. The van der Waals surface area contributed by atoms with Crippen LogP contribution >= 0.6 is 27.5 Å². The number of aromatic nitrogens is 1. The fraction of sp³-hybridized carbons (Fsp3) is 0. The first-order valence-electron chi connectivity index (χ1n) is 4.29. The van der Waals surface area contributed by atoms with E-state index >= 15 is 0 Å². The average Bonchev–Trinajstić information content (AvgIpc) is 2.25. The molecule has 4 heteroatoms. The van der Waals surface area contributed by atoms with Gasteiger partial charge >= 0.3 is 0 Å². The lowest BCUT2D eigenvalue weighted by Crippen LogP contribution is -1.87. The third-order valence-corrected chi connectivity index (χ3v) is 2.55. The summed E-state index contributed by atoms with van der Waals surface area (Å²) >= 11 is 9.32. The van der Waals surface area contributed by atoms with E-state index in [0.717, 1.165) is 4.47 Å². The molecule has 0 spiro atoms. The fourth-order valence-electron chi connectivity index (χ4n) is 1.08. The minimum atomic E-state index is 0.525. The summed E-state index contributed by atoms with van der Waals surface area (Å²) in [6.07, 6.45) is 1.67. The van der Waals surface area contributed by atoms with E-state index in [9.17, 15) is 0 Å². The Balaban J connectivity index is 2.28. The van der Waals surface area contributed by atoms with Crippen LogP contribution in [-0.4, -0.2) is 4.98 Å². The van der Waals surface area contributed by atoms with Crippen LogP contribution in [-0.2, 0) is 0 Å². The lowest BCUT2D eigenvalue weighted by molar-refractivity contribution is 0.463. The van der Waals surface area contributed by atoms with Crippen LogP contribution in [0.25, 0.3) is 0 Å². The summed E-state index contributed by atoms with van der Waals surface area (Å²) in [5.74, 6) is 1.11. The second kappa shape index (κ2) is 4.64. The van der Waals surface area contributed by atoms with Gasteiger partial charge in [0, 0.05) is 16.7 Å². The van der Waals surface area contributed by atoms with Crippen molar-refractivity contribution in [1.29, 1.82) is 0 Å². The summed E-state index contributed by atoms with van der Waals surface area (Å²) in [5.41, 5.74) is 0. The Bertz CT molecular complexity index is 461. The number of rotatable bonds is 2. The first-order chi connectivity index (χ1) is 7.25. The molecule has 2 nitrogen and oxygen atoms in total. The van der Waals surface area contributed by atoms with Crippen molar-refractivity contribution in [2.45, 2.75) is 0 Å². The van der Waals surface area contributed by atoms with Crippen molar-refractivity contribution in [2.75, 3.05) is 0 Å². The average molecular weight is 285 g/mol. The molecule has 0 atom stereocenters. The predicted molar refractivity (Wildman–Crippen MR) is 63.5 cm³/mol. The first-order valence-corrected chi connectivity index (χ1v) is 5.47. The summed E-state index contributed by atoms with van der Waals surface area (Å²) < 4.78 is 6.43. The molecule has 0 unspecified atom stereocenters. The number of halogens is 2. The second-order valence-electron chi connectivity index (χ2n) is 2.84. The lowest BCUT2D eigenvalue weighted by atomic mass is 10.3. The van der Waals surface area contributed by atoms with Gasteiger partial charge in [-0.15, -0.1) is 0 Å². The molecule has 2 rings (SSSR count). The fourth-order valence-corrected chi connectivity index (χ4v) is 1.57. The van der Waals surface area contributed by atoms with Gasteiger partial charge in [0.15, 0.2) is 0 Å². The maximum atomic E-state index is 5.97. The van der Waals surface area contributed by atoms with Crippen molar-refractivity contribution < 1.29 is 4.74 Å². The quantitative estimate of drug-likeness (QED) is 0.821. The van der Waals surface area contributed by atoms with Gasteiger partial charge in [0.25, 0.3) is 0 Å². The van der Waals surface area contributed by atoms with Crippen LogP contribution in [0.3, 0.4) is 0 Å². The van der Waals surface area contributed by atoms with Gasteiger partial charge < -0.3 is 4.74 Å². The maximum Gasteiger partial charge on any atom is 0.219 e. The Morgan fingerprint density at radius 2 is 2.07 bits per heavy atom. The molecule has 0 saturated heterocycles. The zero-order chi connectivity index (χ0) is 10.7. The number of nitrogens with zero attached hydrogens (tertiary/aromatic N) is 1. The van der Waals surface area contributed by atoms with E-state index in [4.69, 9.17) is 16.3 Å². The highest BCUT2D eigenvalue weighted by molar-refractivity contribution is 9.10. The van der Waals surface area contributed by atoms with Gasteiger partial charge in [0.1, 0.15) is 5.75 Å². The number of pyridine rings is 1. The molecule has 2 aromatic rings. The van der Waals surface area contributed by atoms with Gasteiger partial charge in [-0.25, -0.2) is 4.98 Å². The molecule has 1 heterocycles. The van der Waals surface area contributed by atoms with E-state index < -0.39 is 0 Å². The van der Waals surface area contributed by atoms with Gasteiger partial charge in [-0.05, 0) is 24.3 Å². The topological polar surface area (TPSA) is 22.1 Å². The van der Waals surface area contributed by atoms with Crippen LogP contribution in [0.5, 0.6) is 11.6 Å². The molecule has 15 heavy (non-hydrogen) atoms. The third-order valence-electron chi connectivity index (χ3n) is 1.75. The highest BCUT2D eigenvalue weighted by Gasteiger charge is 2.03. The Morgan fingerprint density at radius 3 is 2.80 bits per heavy atom. The van der Waals surface area contributed by atoms with E-state index in [1.807, 2.05) is 18.2 Å². The van der Waals surface area contributed by atoms with Gasteiger partial charge in [0.2, 0.25) is 5.88 Å². The van der Waals surface area contributed by atoms with E-state index in [0.29, 0.717) is 16.7 Å². The Kier molecular flexibility index (Phi) is 3.23. The van der Waals surface area contributed by atoms with Crippen molar-refractivity contribution in [1.82, 2.24) is 4.98 Å². The SMILES string of the molecule is Clc1ccc(Br)cc1Oc1ccccn1. The van der Waals surface area contributed by atoms with E-state index in [-0.39, 0.29) is 0 Å². The third kappa shape index (κ3) is 2.70. The molecule has 0 fully saturated rings. The van der Waals surface area contributed by atoms with Gasteiger partial charge in [0.05, 0.1) is 5.02 Å². The number of hydrogen-bond acceptors (Lipinski definition) is 2. The Labute approximate surface area is 101 Å². The normalized spacial score (nSPS) is 10.0. The van der Waals surface area contributed by atoms with Crippen molar-refractivity contribution >= 4 is 27.5 Å². The molecule has 0 amide bonds. The lowest BCUT2D eigenvalue weighted by Gasteiger charge is -2.06. The number of benzene rings is 1. The van der Waals surface area contributed by atoms with E-state index in [2.05, 4.69) is 20.9 Å². The van der Waals surface area contributed by atoms with Crippen molar-refractivity contribution in [3.63, 3.8) is 0 Å². The van der Waals surface area contributed by atoms with Gasteiger partial charge in [-0.3, -0.25) is 0 Å². The minimum absolute atomic E-state index is 0.525. The van der Waals surface area contributed by atoms with Crippen LogP contribution in [0.2, 0.25) is 5.02 Å². The van der Waals surface area contributed by atoms with Crippen LogP contribution in [0, 0.1) is 0 Å². The molecule has 0 radical (unpaired) electrons. The zero-order valence-electron chi connectivity index (χ0n) is 7.65. The smallest absolute Gasteiger partial charge is 0.219 e. The monoisotopic (exact) mass is 283 g/mol. The van der Waals surface area contributed by atoms with Crippen LogP contribution in [0.1, 0.15) is 0 Å². The maximum absolute atomic E-state index is 5.97. The summed E-state index contributed by atoms with van der Waals surface area (Å²) in [6, 6.07) is 10.9. The largest absolute Gasteiger partial charge is 0.437 e. The molecule has 1 aromatic carbocycles. The summed E-state index contributed by atoms with van der Waals surface area (Å²) in [7, 11) is 0. The van der Waals surface area contributed by atoms with Crippen molar-refractivity contribution in [3.05, 3.63) is 52.1 Å². The van der Waals surface area contributed by atoms with Crippen LogP contribution in [0.4, 0.5) is 0 Å². The molecule has 0 aliphatic rings. The molecule has 0 N–H and O–H groups in total. The summed E-state index contributed by atoms with van der Waals surface area (Å²) in [5, 5.41) is 0.559. The van der Waals surface area contributed by atoms with Gasteiger partial charge in [-0.2, -0.15) is 0 Å². The second-order valence-corrected chi connectivity index (χ2v) is 4.17. The molecule has 0 aliphatic carbocycles. The number of ether oxygens (including phenoxy) is 1.